The Morgan fingerprint density at radius 1 is 1.18 bits per heavy atom. The zero-order valence-corrected chi connectivity index (χ0v) is 10.7. The Kier molecular flexibility index (Phi) is 4.19. The number of benzene rings is 1. The van der Waals surface area contributed by atoms with E-state index in [2.05, 4.69) is 35.2 Å². The van der Waals surface area contributed by atoms with Crippen molar-refractivity contribution in [2.45, 2.75) is 38.2 Å². The molecule has 0 spiro atoms. The van der Waals surface area contributed by atoms with Gasteiger partial charge in [0.2, 0.25) is 0 Å². The minimum Gasteiger partial charge on any atom is -0.390 e. The predicted octanol–water partition coefficient (Wildman–Crippen LogP) is 2.47. The average molecular weight is 233 g/mol. The van der Waals surface area contributed by atoms with Gasteiger partial charge in [-0.1, -0.05) is 30.3 Å². The first kappa shape index (κ1) is 12.6. The first-order valence-corrected chi connectivity index (χ1v) is 6.64. The molecule has 1 N–H and O–H groups in total. The lowest BCUT2D eigenvalue weighted by molar-refractivity contribution is 0.0447. The van der Waals surface area contributed by atoms with Crippen molar-refractivity contribution in [3.8, 4) is 0 Å². The van der Waals surface area contributed by atoms with Crippen LogP contribution >= 0.6 is 0 Å². The first-order chi connectivity index (χ1) is 8.16. The van der Waals surface area contributed by atoms with E-state index in [0.29, 0.717) is 0 Å². The quantitative estimate of drug-likeness (QED) is 0.867. The van der Waals surface area contributed by atoms with Gasteiger partial charge >= 0.3 is 0 Å². The molecule has 1 saturated heterocycles. The fourth-order valence-corrected chi connectivity index (χ4v) is 2.47. The summed E-state index contributed by atoms with van der Waals surface area (Å²) in [4.78, 5) is 2.48. The summed E-state index contributed by atoms with van der Waals surface area (Å²) in [6.45, 7) is 5.23. The maximum Gasteiger partial charge on any atom is 0.0632 e. The van der Waals surface area contributed by atoms with E-state index in [1.165, 1.54) is 5.56 Å². The molecule has 1 aliphatic heterocycles. The SMILES string of the molecule is CC1(O)CCCN(CCc2ccccc2)CC1. The van der Waals surface area contributed by atoms with Crippen LogP contribution in [0.25, 0.3) is 0 Å². The van der Waals surface area contributed by atoms with E-state index in [9.17, 15) is 5.11 Å². The monoisotopic (exact) mass is 233 g/mol. The van der Waals surface area contributed by atoms with Crippen molar-refractivity contribution >= 4 is 0 Å². The molecule has 1 aliphatic rings. The maximum absolute atomic E-state index is 10.0. The van der Waals surface area contributed by atoms with Crippen molar-refractivity contribution in [1.82, 2.24) is 4.90 Å². The van der Waals surface area contributed by atoms with Gasteiger partial charge in [-0.2, -0.15) is 0 Å². The Hall–Kier alpha value is -0.860. The number of nitrogens with zero attached hydrogens (tertiary/aromatic N) is 1. The number of hydrogen-bond acceptors (Lipinski definition) is 2. The first-order valence-electron chi connectivity index (χ1n) is 6.64. The summed E-state index contributed by atoms with van der Waals surface area (Å²) < 4.78 is 0. The molecule has 0 saturated carbocycles. The van der Waals surface area contributed by atoms with Crippen LogP contribution in [0.1, 0.15) is 31.7 Å². The third-order valence-corrected chi connectivity index (χ3v) is 3.72. The Labute approximate surface area is 104 Å². The molecule has 0 aliphatic carbocycles. The van der Waals surface area contributed by atoms with Crippen LogP contribution in [0.15, 0.2) is 30.3 Å². The number of hydrogen-bond donors (Lipinski definition) is 1. The van der Waals surface area contributed by atoms with E-state index in [4.69, 9.17) is 0 Å². The second kappa shape index (κ2) is 5.65. The molecule has 0 aromatic heterocycles. The second-order valence-corrected chi connectivity index (χ2v) is 5.43. The maximum atomic E-state index is 10.0. The van der Waals surface area contributed by atoms with Gasteiger partial charge in [-0.15, -0.1) is 0 Å². The summed E-state index contributed by atoms with van der Waals surface area (Å²) in [6.07, 6.45) is 4.07. The van der Waals surface area contributed by atoms with Crippen LogP contribution in [-0.2, 0) is 6.42 Å². The van der Waals surface area contributed by atoms with Crippen molar-refractivity contribution in [1.29, 1.82) is 0 Å². The largest absolute Gasteiger partial charge is 0.390 e. The topological polar surface area (TPSA) is 23.5 Å². The highest BCUT2D eigenvalue weighted by Crippen LogP contribution is 2.21. The molecular weight excluding hydrogens is 210 g/mol. The van der Waals surface area contributed by atoms with Gasteiger partial charge in [0.05, 0.1) is 5.60 Å². The molecule has 2 nitrogen and oxygen atoms in total. The fraction of sp³-hybridized carbons (Fsp3) is 0.600. The molecule has 0 amide bonds. The Balaban J connectivity index is 1.80. The van der Waals surface area contributed by atoms with E-state index in [1.807, 2.05) is 6.92 Å². The molecule has 1 heterocycles. The van der Waals surface area contributed by atoms with Gasteiger partial charge in [0, 0.05) is 13.1 Å². The lowest BCUT2D eigenvalue weighted by Gasteiger charge is -2.22. The van der Waals surface area contributed by atoms with Crippen LogP contribution in [0.5, 0.6) is 0 Å². The van der Waals surface area contributed by atoms with E-state index in [0.717, 1.165) is 45.3 Å². The number of aliphatic hydroxyl groups is 1. The highest BCUT2D eigenvalue weighted by atomic mass is 16.3. The van der Waals surface area contributed by atoms with Crippen molar-refractivity contribution in [2.24, 2.45) is 0 Å². The lowest BCUT2D eigenvalue weighted by atomic mass is 9.98. The molecular formula is C15H23NO. The third kappa shape index (κ3) is 4.14. The minimum absolute atomic E-state index is 0.443. The smallest absolute Gasteiger partial charge is 0.0632 e. The van der Waals surface area contributed by atoms with Gasteiger partial charge in [0.25, 0.3) is 0 Å². The van der Waals surface area contributed by atoms with Crippen LogP contribution in [0.2, 0.25) is 0 Å². The zero-order chi connectivity index (χ0) is 12.1. The van der Waals surface area contributed by atoms with Gasteiger partial charge < -0.3 is 10.0 Å². The molecule has 0 bridgehead atoms. The van der Waals surface area contributed by atoms with Gasteiger partial charge in [-0.3, -0.25) is 0 Å². The second-order valence-electron chi connectivity index (χ2n) is 5.43. The molecule has 2 heteroatoms. The summed E-state index contributed by atoms with van der Waals surface area (Å²) in [5, 5.41) is 10.0. The Bertz CT molecular complexity index is 334. The normalized spacial score (nSPS) is 26.7. The minimum atomic E-state index is -0.443. The van der Waals surface area contributed by atoms with Crippen LogP contribution in [0.4, 0.5) is 0 Å². The summed E-state index contributed by atoms with van der Waals surface area (Å²) in [5.74, 6) is 0. The van der Waals surface area contributed by atoms with Gasteiger partial charge in [-0.05, 0) is 44.7 Å². The van der Waals surface area contributed by atoms with Crippen LogP contribution in [-0.4, -0.2) is 35.2 Å². The molecule has 17 heavy (non-hydrogen) atoms. The van der Waals surface area contributed by atoms with Crippen LogP contribution in [0, 0.1) is 0 Å². The molecule has 1 atom stereocenters. The van der Waals surface area contributed by atoms with E-state index in [1.54, 1.807) is 0 Å². The summed E-state index contributed by atoms with van der Waals surface area (Å²) in [6, 6.07) is 10.6. The molecule has 1 aromatic rings. The number of rotatable bonds is 3. The van der Waals surface area contributed by atoms with Crippen molar-refractivity contribution < 1.29 is 5.11 Å². The molecule has 0 radical (unpaired) electrons. The Morgan fingerprint density at radius 3 is 2.71 bits per heavy atom. The molecule has 94 valence electrons. The van der Waals surface area contributed by atoms with E-state index in [-0.39, 0.29) is 0 Å². The van der Waals surface area contributed by atoms with E-state index < -0.39 is 5.60 Å². The molecule has 1 aromatic carbocycles. The van der Waals surface area contributed by atoms with Gasteiger partial charge in [0.1, 0.15) is 0 Å². The number of likely N-dealkylation sites (tertiary alicyclic amines) is 1. The highest BCUT2D eigenvalue weighted by molar-refractivity contribution is 5.14. The molecule has 1 unspecified atom stereocenters. The fourth-order valence-electron chi connectivity index (χ4n) is 2.47. The van der Waals surface area contributed by atoms with E-state index >= 15 is 0 Å². The molecule has 1 fully saturated rings. The van der Waals surface area contributed by atoms with Gasteiger partial charge in [-0.25, -0.2) is 0 Å². The molecule has 2 rings (SSSR count). The third-order valence-electron chi connectivity index (χ3n) is 3.72. The summed E-state index contributed by atoms with van der Waals surface area (Å²) in [5.41, 5.74) is 0.963. The van der Waals surface area contributed by atoms with Crippen molar-refractivity contribution in [2.75, 3.05) is 19.6 Å². The average Bonchev–Trinajstić information content (AvgIpc) is 2.49. The highest BCUT2D eigenvalue weighted by Gasteiger charge is 2.24. The Morgan fingerprint density at radius 2 is 1.94 bits per heavy atom. The van der Waals surface area contributed by atoms with Gasteiger partial charge in [0.15, 0.2) is 0 Å². The predicted molar refractivity (Wildman–Crippen MR) is 71.1 cm³/mol. The standard InChI is InChI=1S/C15H23NO/c1-15(17)9-5-11-16(13-10-15)12-8-14-6-3-2-4-7-14/h2-4,6-7,17H,5,8-13H2,1H3. The van der Waals surface area contributed by atoms with Crippen molar-refractivity contribution in [3.05, 3.63) is 35.9 Å². The summed E-state index contributed by atoms with van der Waals surface area (Å²) >= 11 is 0. The zero-order valence-electron chi connectivity index (χ0n) is 10.7. The lowest BCUT2D eigenvalue weighted by Crippen LogP contribution is -2.29. The van der Waals surface area contributed by atoms with Crippen LogP contribution in [0.3, 0.4) is 0 Å². The van der Waals surface area contributed by atoms with Crippen LogP contribution < -0.4 is 0 Å². The summed E-state index contributed by atoms with van der Waals surface area (Å²) in [7, 11) is 0. The van der Waals surface area contributed by atoms with Crippen molar-refractivity contribution in [3.63, 3.8) is 0 Å².